The first-order valence-electron chi connectivity index (χ1n) is 9.17. The average Bonchev–Trinajstić information content (AvgIpc) is 3.36. The summed E-state index contributed by atoms with van der Waals surface area (Å²) in [6.07, 6.45) is 3.49. The molecule has 2 aromatic carbocycles. The molecule has 0 fully saturated rings. The van der Waals surface area contributed by atoms with Crippen LogP contribution in [0.4, 0.5) is 0 Å². The molecule has 0 aliphatic carbocycles. The molecule has 0 atom stereocenters. The maximum Gasteiger partial charge on any atom is 0.251 e. The lowest BCUT2D eigenvalue weighted by Gasteiger charge is -2.09. The van der Waals surface area contributed by atoms with Gasteiger partial charge in [0.15, 0.2) is 5.76 Å². The fourth-order valence-electron chi connectivity index (χ4n) is 3.17. The van der Waals surface area contributed by atoms with Gasteiger partial charge in [-0.05, 0) is 18.6 Å². The smallest absolute Gasteiger partial charge is 0.251 e. The zero-order chi connectivity index (χ0) is 19.8. The van der Waals surface area contributed by atoms with Crippen LogP contribution in [-0.2, 0) is 6.61 Å². The van der Waals surface area contributed by atoms with Crippen LogP contribution in [0, 0.1) is 6.92 Å². The number of nitrogens with zero attached hydrogens (tertiary/aromatic N) is 4. The standard InChI is InChI=1S/C22H18N4O3/c1-14-11-23-22-24-18(12-26(22)25-14)21-10-17-19(8-16(27-2)9-20(17)29-21)28-13-15-6-4-3-5-7-15/h3-12H,13H2,1-2H3. The maximum absolute atomic E-state index is 6.08. The van der Waals surface area contributed by atoms with Gasteiger partial charge in [-0.15, -0.1) is 0 Å². The summed E-state index contributed by atoms with van der Waals surface area (Å²) in [6, 6.07) is 15.6. The molecule has 0 saturated carbocycles. The quantitative estimate of drug-likeness (QED) is 0.445. The van der Waals surface area contributed by atoms with Crippen LogP contribution in [0.5, 0.6) is 11.5 Å². The van der Waals surface area contributed by atoms with Crippen molar-refractivity contribution in [3.63, 3.8) is 0 Å². The summed E-state index contributed by atoms with van der Waals surface area (Å²) in [7, 11) is 1.62. The lowest BCUT2D eigenvalue weighted by molar-refractivity contribution is 0.307. The number of aryl methyl sites for hydroxylation is 1. The van der Waals surface area contributed by atoms with Crippen molar-refractivity contribution in [1.29, 1.82) is 0 Å². The van der Waals surface area contributed by atoms with Crippen molar-refractivity contribution < 1.29 is 13.9 Å². The first kappa shape index (κ1) is 17.2. The van der Waals surface area contributed by atoms with Crippen LogP contribution in [0.2, 0.25) is 0 Å². The van der Waals surface area contributed by atoms with E-state index in [0.717, 1.165) is 16.6 Å². The van der Waals surface area contributed by atoms with E-state index in [1.807, 2.05) is 55.5 Å². The monoisotopic (exact) mass is 386 g/mol. The molecule has 5 rings (SSSR count). The SMILES string of the molecule is COc1cc(OCc2ccccc2)c2cc(-c3cn4nc(C)cnc4n3)oc2c1. The molecule has 3 aromatic heterocycles. The minimum Gasteiger partial charge on any atom is -0.496 e. The number of ether oxygens (including phenoxy) is 2. The van der Waals surface area contributed by atoms with Gasteiger partial charge in [-0.25, -0.2) is 14.5 Å². The number of imidazole rings is 1. The van der Waals surface area contributed by atoms with Gasteiger partial charge in [-0.3, -0.25) is 0 Å². The van der Waals surface area contributed by atoms with Crippen molar-refractivity contribution in [3.05, 3.63) is 72.2 Å². The lowest BCUT2D eigenvalue weighted by atomic mass is 10.2. The zero-order valence-corrected chi connectivity index (χ0v) is 16.0. The molecule has 7 heteroatoms. The Labute approximate surface area is 166 Å². The van der Waals surface area contributed by atoms with Gasteiger partial charge in [0.25, 0.3) is 5.78 Å². The van der Waals surface area contributed by atoms with Gasteiger partial charge < -0.3 is 13.9 Å². The molecule has 7 nitrogen and oxygen atoms in total. The zero-order valence-electron chi connectivity index (χ0n) is 16.0. The number of hydrogen-bond acceptors (Lipinski definition) is 6. The Hall–Kier alpha value is -3.87. The third-order valence-electron chi connectivity index (χ3n) is 4.60. The second-order valence-electron chi connectivity index (χ2n) is 6.69. The van der Waals surface area contributed by atoms with Crippen LogP contribution >= 0.6 is 0 Å². The van der Waals surface area contributed by atoms with E-state index in [9.17, 15) is 0 Å². The van der Waals surface area contributed by atoms with Crippen molar-refractivity contribution in [1.82, 2.24) is 19.6 Å². The number of methoxy groups -OCH3 is 1. The van der Waals surface area contributed by atoms with Crippen LogP contribution < -0.4 is 9.47 Å². The van der Waals surface area contributed by atoms with Gasteiger partial charge in [0.05, 0.1) is 30.6 Å². The van der Waals surface area contributed by atoms with Crippen molar-refractivity contribution in [3.8, 4) is 23.0 Å². The predicted molar refractivity (Wildman–Crippen MR) is 108 cm³/mol. The number of hydrogen-bond donors (Lipinski definition) is 0. The summed E-state index contributed by atoms with van der Waals surface area (Å²) < 4.78 is 19.2. The van der Waals surface area contributed by atoms with Crippen LogP contribution in [0.25, 0.3) is 28.2 Å². The van der Waals surface area contributed by atoms with Crippen LogP contribution in [0.1, 0.15) is 11.3 Å². The molecule has 0 spiro atoms. The number of furan rings is 1. The van der Waals surface area contributed by atoms with E-state index in [2.05, 4.69) is 15.1 Å². The number of benzene rings is 2. The summed E-state index contributed by atoms with van der Waals surface area (Å²) in [5.74, 6) is 2.48. The van der Waals surface area contributed by atoms with E-state index in [1.165, 1.54) is 0 Å². The minimum absolute atomic E-state index is 0.450. The molecule has 0 amide bonds. The normalized spacial score (nSPS) is 11.2. The largest absolute Gasteiger partial charge is 0.496 e. The molecule has 0 bridgehead atoms. The van der Waals surface area contributed by atoms with Crippen molar-refractivity contribution in [2.24, 2.45) is 0 Å². The van der Waals surface area contributed by atoms with E-state index in [-0.39, 0.29) is 0 Å². The second kappa shape index (κ2) is 6.94. The summed E-state index contributed by atoms with van der Waals surface area (Å²) in [6.45, 7) is 2.33. The first-order valence-corrected chi connectivity index (χ1v) is 9.17. The van der Waals surface area contributed by atoms with Gasteiger partial charge in [-0.1, -0.05) is 30.3 Å². The molecule has 0 radical (unpaired) electrons. The molecule has 144 valence electrons. The van der Waals surface area contributed by atoms with Gasteiger partial charge >= 0.3 is 0 Å². The molecule has 0 unspecified atom stereocenters. The van der Waals surface area contributed by atoms with Crippen molar-refractivity contribution in [2.75, 3.05) is 7.11 Å². The Morgan fingerprint density at radius 2 is 1.97 bits per heavy atom. The molecular formula is C22H18N4O3. The Morgan fingerprint density at radius 3 is 2.79 bits per heavy atom. The van der Waals surface area contributed by atoms with E-state index >= 15 is 0 Å². The Balaban J connectivity index is 1.55. The van der Waals surface area contributed by atoms with E-state index in [0.29, 0.717) is 40.9 Å². The molecule has 0 aliphatic rings. The van der Waals surface area contributed by atoms with Gasteiger partial charge in [0, 0.05) is 12.1 Å². The lowest BCUT2D eigenvalue weighted by Crippen LogP contribution is -1.96. The highest BCUT2D eigenvalue weighted by molar-refractivity contribution is 5.89. The number of fused-ring (bicyclic) bond motifs is 2. The van der Waals surface area contributed by atoms with E-state index in [1.54, 1.807) is 24.0 Å². The Morgan fingerprint density at radius 1 is 1.10 bits per heavy atom. The van der Waals surface area contributed by atoms with Crippen LogP contribution in [0.3, 0.4) is 0 Å². The van der Waals surface area contributed by atoms with Crippen molar-refractivity contribution >= 4 is 16.7 Å². The minimum atomic E-state index is 0.450. The van der Waals surface area contributed by atoms with E-state index < -0.39 is 0 Å². The molecule has 0 N–H and O–H groups in total. The molecule has 3 heterocycles. The topological polar surface area (TPSA) is 74.7 Å². The van der Waals surface area contributed by atoms with Gasteiger partial charge in [-0.2, -0.15) is 5.10 Å². The highest BCUT2D eigenvalue weighted by Crippen LogP contribution is 2.37. The summed E-state index contributed by atoms with van der Waals surface area (Å²) in [5.41, 5.74) is 3.21. The van der Waals surface area contributed by atoms with Crippen LogP contribution in [-0.4, -0.2) is 26.7 Å². The average molecular weight is 386 g/mol. The molecule has 5 aromatic rings. The Kier molecular flexibility index (Phi) is 4.13. The summed E-state index contributed by atoms with van der Waals surface area (Å²) in [5, 5.41) is 5.24. The highest BCUT2D eigenvalue weighted by Gasteiger charge is 2.16. The van der Waals surface area contributed by atoms with Gasteiger partial charge in [0.1, 0.15) is 29.4 Å². The molecule has 0 saturated heterocycles. The highest BCUT2D eigenvalue weighted by atomic mass is 16.5. The Bertz CT molecular complexity index is 1310. The fourth-order valence-corrected chi connectivity index (χ4v) is 3.17. The third kappa shape index (κ3) is 3.27. The molecule has 0 aliphatic heterocycles. The molecular weight excluding hydrogens is 368 g/mol. The summed E-state index contributed by atoms with van der Waals surface area (Å²) >= 11 is 0. The van der Waals surface area contributed by atoms with E-state index in [4.69, 9.17) is 13.9 Å². The predicted octanol–water partition coefficient (Wildman–Crippen LogP) is 4.43. The fraction of sp³-hybridized carbons (Fsp3) is 0.136. The van der Waals surface area contributed by atoms with Gasteiger partial charge in [0.2, 0.25) is 0 Å². The number of rotatable bonds is 5. The third-order valence-corrected chi connectivity index (χ3v) is 4.60. The molecule has 29 heavy (non-hydrogen) atoms. The first-order chi connectivity index (χ1) is 14.2. The number of aromatic nitrogens is 4. The maximum atomic E-state index is 6.08. The summed E-state index contributed by atoms with van der Waals surface area (Å²) in [4.78, 5) is 8.80. The van der Waals surface area contributed by atoms with Crippen molar-refractivity contribution in [2.45, 2.75) is 13.5 Å². The second-order valence-corrected chi connectivity index (χ2v) is 6.69. The van der Waals surface area contributed by atoms with Crippen LogP contribution in [0.15, 0.2) is 65.3 Å².